The molecule has 0 N–H and O–H groups in total. The third kappa shape index (κ3) is 7.99. The minimum Gasteiger partial charge on any atom is -0.493 e. The quantitative estimate of drug-likeness (QED) is 0.123. The van der Waals surface area contributed by atoms with Gasteiger partial charge in [0.2, 0.25) is 0 Å². The van der Waals surface area contributed by atoms with E-state index in [4.69, 9.17) is 4.74 Å². The number of hydrogen-bond donors (Lipinski definition) is 0. The molecule has 0 aromatic heterocycles. The Bertz CT molecular complexity index is 1460. The molecule has 0 heterocycles. The van der Waals surface area contributed by atoms with E-state index in [0.717, 1.165) is 18.6 Å². The predicted octanol–water partition coefficient (Wildman–Crippen LogP) is 9.26. The minimum atomic E-state index is -4.78. The lowest BCUT2D eigenvalue weighted by Crippen LogP contribution is -2.25. The predicted molar refractivity (Wildman–Crippen MR) is 135 cm³/mol. The maximum absolute atomic E-state index is 14.8. The van der Waals surface area contributed by atoms with Gasteiger partial charge < -0.3 is 9.47 Å². The van der Waals surface area contributed by atoms with Crippen LogP contribution < -0.4 is 9.47 Å². The summed E-state index contributed by atoms with van der Waals surface area (Å²) >= 11 is 0. The molecule has 3 rings (SSSR count). The van der Waals surface area contributed by atoms with Crippen LogP contribution in [0.5, 0.6) is 11.5 Å². The summed E-state index contributed by atoms with van der Waals surface area (Å²) < 4.78 is 150. The van der Waals surface area contributed by atoms with E-state index in [-0.39, 0.29) is 23.4 Å². The number of benzene rings is 3. The van der Waals surface area contributed by atoms with Crippen molar-refractivity contribution in [1.82, 2.24) is 0 Å². The number of rotatable bonds is 11. The van der Waals surface area contributed by atoms with Gasteiger partial charge in [-0.3, -0.25) is 0 Å². The zero-order chi connectivity index (χ0) is 31.0. The topological polar surface area (TPSA) is 18.5 Å². The Hall–Kier alpha value is -4.14. The standard InChI is InChI=1S/C30H22F10O2/c1-2-3-10-41-18-8-9-20(23(33)13-18)17-11-26(36)29(27(37)12-17)30(39,40)42-19-14-24(34)21(25(35)15-19)6-4-5-7-22(32)28(38)16-31/h7-9,11-15,28H,2-3,5,10,16H2,1H3/b22-7+. The fraction of sp³-hybridized carbons (Fsp3) is 0.267. The molecule has 12 heteroatoms. The van der Waals surface area contributed by atoms with Crippen molar-refractivity contribution in [2.24, 2.45) is 0 Å². The van der Waals surface area contributed by atoms with E-state index in [2.05, 4.69) is 10.7 Å². The highest BCUT2D eigenvalue weighted by Crippen LogP contribution is 2.38. The van der Waals surface area contributed by atoms with Gasteiger partial charge in [0, 0.05) is 30.2 Å². The van der Waals surface area contributed by atoms with E-state index in [1.54, 1.807) is 0 Å². The Morgan fingerprint density at radius 1 is 0.905 bits per heavy atom. The molecule has 224 valence electrons. The number of allylic oxidation sites excluding steroid dienone is 2. The Labute approximate surface area is 234 Å². The van der Waals surface area contributed by atoms with Crippen LogP contribution in [-0.2, 0) is 6.11 Å². The van der Waals surface area contributed by atoms with Gasteiger partial charge in [-0.15, -0.1) is 0 Å². The van der Waals surface area contributed by atoms with Crippen molar-refractivity contribution in [3.63, 3.8) is 0 Å². The van der Waals surface area contributed by atoms with Crippen LogP contribution in [0.25, 0.3) is 11.1 Å². The highest BCUT2D eigenvalue weighted by Gasteiger charge is 2.41. The van der Waals surface area contributed by atoms with Gasteiger partial charge in [0.25, 0.3) is 0 Å². The van der Waals surface area contributed by atoms with Gasteiger partial charge >= 0.3 is 6.11 Å². The molecule has 0 aliphatic rings. The summed E-state index contributed by atoms with van der Waals surface area (Å²) in [6, 6.07) is 4.90. The molecular formula is C30H22F10O2. The molecule has 0 saturated carbocycles. The summed E-state index contributed by atoms with van der Waals surface area (Å²) in [7, 11) is 0. The molecule has 1 atom stereocenters. The molecule has 42 heavy (non-hydrogen) atoms. The van der Waals surface area contributed by atoms with Crippen molar-refractivity contribution in [1.29, 1.82) is 0 Å². The van der Waals surface area contributed by atoms with Crippen molar-refractivity contribution in [2.75, 3.05) is 13.3 Å². The average molecular weight is 604 g/mol. The van der Waals surface area contributed by atoms with Gasteiger partial charge in [-0.25, -0.2) is 35.1 Å². The lowest BCUT2D eigenvalue weighted by molar-refractivity contribution is -0.189. The fourth-order valence-electron chi connectivity index (χ4n) is 3.58. The molecule has 0 aliphatic carbocycles. The lowest BCUT2D eigenvalue weighted by Gasteiger charge is -2.20. The second kappa shape index (κ2) is 14.2. The maximum Gasteiger partial charge on any atom is 0.432 e. The highest BCUT2D eigenvalue weighted by molar-refractivity contribution is 5.66. The van der Waals surface area contributed by atoms with Gasteiger partial charge in [-0.2, -0.15) is 8.78 Å². The zero-order valence-electron chi connectivity index (χ0n) is 21.8. The largest absolute Gasteiger partial charge is 0.493 e. The van der Waals surface area contributed by atoms with Crippen molar-refractivity contribution in [3.05, 3.63) is 94.6 Å². The first kappa shape index (κ1) is 32.4. The fourth-order valence-corrected chi connectivity index (χ4v) is 3.58. The number of ether oxygens (including phenoxy) is 2. The number of hydrogen-bond acceptors (Lipinski definition) is 2. The van der Waals surface area contributed by atoms with Gasteiger partial charge in [0.1, 0.15) is 58.7 Å². The molecule has 0 fully saturated rings. The summed E-state index contributed by atoms with van der Waals surface area (Å²) in [5.74, 6) is -6.07. The molecule has 1 unspecified atom stereocenters. The van der Waals surface area contributed by atoms with Crippen LogP contribution in [0.1, 0.15) is 37.3 Å². The number of halogens is 10. The second-order valence-corrected chi connectivity index (χ2v) is 8.76. The molecule has 2 nitrogen and oxygen atoms in total. The van der Waals surface area contributed by atoms with E-state index in [1.807, 2.05) is 12.8 Å². The van der Waals surface area contributed by atoms with Crippen LogP contribution in [-0.4, -0.2) is 19.5 Å². The first-order chi connectivity index (χ1) is 19.9. The smallest absolute Gasteiger partial charge is 0.432 e. The molecular weight excluding hydrogens is 582 g/mol. The van der Waals surface area contributed by atoms with E-state index in [0.29, 0.717) is 31.2 Å². The summed E-state index contributed by atoms with van der Waals surface area (Å²) in [4.78, 5) is 0. The molecule has 0 amide bonds. The van der Waals surface area contributed by atoms with Gasteiger partial charge in [-0.1, -0.05) is 25.2 Å². The first-order valence-corrected chi connectivity index (χ1v) is 12.4. The monoisotopic (exact) mass is 604 g/mol. The Kier molecular flexibility index (Phi) is 10.9. The number of unbranched alkanes of at least 4 members (excludes halogenated alkanes) is 1. The van der Waals surface area contributed by atoms with E-state index >= 15 is 0 Å². The van der Waals surface area contributed by atoms with Crippen molar-refractivity contribution >= 4 is 0 Å². The summed E-state index contributed by atoms with van der Waals surface area (Å²) in [5.41, 5.74) is -3.57. The van der Waals surface area contributed by atoms with Gasteiger partial charge in [-0.05, 0) is 42.3 Å². The third-order valence-electron chi connectivity index (χ3n) is 5.66. The molecule has 0 bridgehead atoms. The molecule has 3 aromatic carbocycles. The molecule has 3 aromatic rings. The van der Waals surface area contributed by atoms with Crippen LogP contribution >= 0.6 is 0 Å². The normalized spacial score (nSPS) is 12.5. The number of alkyl halides is 4. The third-order valence-corrected chi connectivity index (χ3v) is 5.66. The van der Waals surface area contributed by atoms with Crippen LogP contribution in [0.15, 0.2) is 54.4 Å². The van der Waals surface area contributed by atoms with Crippen LogP contribution in [0.2, 0.25) is 0 Å². The van der Waals surface area contributed by atoms with Crippen molar-refractivity contribution in [3.8, 4) is 34.5 Å². The summed E-state index contributed by atoms with van der Waals surface area (Å²) in [6.07, 6.45) is -5.76. The van der Waals surface area contributed by atoms with Crippen LogP contribution in [0.4, 0.5) is 43.9 Å². The minimum absolute atomic E-state index is 0.160. The summed E-state index contributed by atoms with van der Waals surface area (Å²) in [6.45, 7) is 0.619. The molecule has 0 spiro atoms. The van der Waals surface area contributed by atoms with E-state index in [9.17, 15) is 43.9 Å². The van der Waals surface area contributed by atoms with Gasteiger partial charge in [0.15, 0.2) is 6.17 Å². The Morgan fingerprint density at radius 2 is 1.52 bits per heavy atom. The lowest BCUT2D eigenvalue weighted by atomic mass is 10.0. The van der Waals surface area contributed by atoms with Crippen molar-refractivity contribution in [2.45, 2.75) is 38.5 Å². The molecule has 0 radical (unpaired) electrons. The molecule has 0 aliphatic heterocycles. The highest BCUT2D eigenvalue weighted by atomic mass is 19.3. The Balaban J connectivity index is 1.82. The SMILES string of the molecule is CCCCOc1ccc(-c2cc(F)c(C(F)(F)Oc3cc(F)c(C#CC/C=C(/F)C(F)CF)c(F)c3)c(F)c2)c(F)c1. The van der Waals surface area contributed by atoms with E-state index in [1.165, 1.54) is 6.07 Å². The average Bonchev–Trinajstić information content (AvgIpc) is 2.91. The van der Waals surface area contributed by atoms with E-state index < -0.39 is 82.7 Å². The summed E-state index contributed by atoms with van der Waals surface area (Å²) in [5, 5.41) is 0. The second-order valence-electron chi connectivity index (χ2n) is 8.76. The van der Waals surface area contributed by atoms with Crippen LogP contribution in [0, 0.1) is 40.9 Å². The Morgan fingerprint density at radius 3 is 2.10 bits per heavy atom. The van der Waals surface area contributed by atoms with Gasteiger partial charge in [0.05, 0.1) is 12.2 Å². The molecule has 0 saturated heterocycles. The maximum atomic E-state index is 14.8. The van der Waals surface area contributed by atoms with Crippen molar-refractivity contribution < 1.29 is 53.4 Å². The van der Waals surface area contributed by atoms with Crippen LogP contribution in [0.3, 0.4) is 0 Å². The zero-order valence-corrected chi connectivity index (χ0v) is 21.8. The first-order valence-electron chi connectivity index (χ1n) is 12.4.